The molecule has 5 heavy (non-hydrogen) atoms. The van der Waals surface area contributed by atoms with Crippen LogP contribution in [-0.2, 0) is 9.84 Å². The average Bonchev–Trinajstić information content (AvgIpc) is 1.41. The molecule has 0 bridgehead atoms. The maximum absolute atomic E-state index is 7.56. The normalized spacial score (nSPS) is 7.60. The van der Waals surface area contributed by atoms with Crippen LogP contribution in [0.1, 0.15) is 0 Å². The minimum Gasteiger partial charge on any atom is -0.428 e. The summed E-state index contributed by atoms with van der Waals surface area (Å²) >= 11 is 0. The molecule has 0 unspecified atom stereocenters. The van der Waals surface area contributed by atoms with Gasteiger partial charge in [-0.1, -0.05) is 5.04 Å². The molecule has 0 amide bonds. The summed E-state index contributed by atoms with van der Waals surface area (Å²) in [6.07, 6.45) is 0. The van der Waals surface area contributed by atoms with Crippen LogP contribution in [0, 0.1) is 0 Å². The van der Waals surface area contributed by atoms with Crippen molar-refractivity contribution in [2.24, 2.45) is 0 Å². The molecular formula is H3BO4. The summed E-state index contributed by atoms with van der Waals surface area (Å²) in [5.74, 6) is 0. The van der Waals surface area contributed by atoms with E-state index in [1.807, 2.05) is 0 Å². The maximum atomic E-state index is 7.56. The van der Waals surface area contributed by atoms with Gasteiger partial charge in [-0.05, 0) is 0 Å². The molecule has 2 N–H and O–H groups in total. The molecule has 0 saturated carbocycles. The molecule has 4 nitrogen and oxygen atoms in total. The van der Waals surface area contributed by atoms with Crippen molar-refractivity contribution in [1.29, 1.82) is 0 Å². The third-order valence-electron chi connectivity index (χ3n) is 0.105. The summed E-state index contributed by atoms with van der Waals surface area (Å²) in [5.41, 5.74) is 0. The second kappa shape index (κ2) is 3.90. The molecule has 0 aliphatic carbocycles. The zero-order chi connectivity index (χ0) is 4.12. The Hall–Kier alpha value is -0.0951. The van der Waals surface area contributed by atoms with Crippen LogP contribution in [0.15, 0.2) is 0 Å². The SMILES string of the molecule is OBOOO. The first-order chi connectivity index (χ1) is 2.41. The summed E-state index contributed by atoms with van der Waals surface area (Å²) in [4.78, 5) is 3.44. The molecule has 0 atom stereocenters. The standard InChI is InChI=1S/BH3O4/c2-1-4-5-3/h1-3H. The minimum atomic E-state index is -0.628. The van der Waals surface area contributed by atoms with Gasteiger partial charge >= 0.3 is 7.69 Å². The van der Waals surface area contributed by atoms with Crippen molar-refractivity contribution in [1.82, 2.24) is 0 Å². The lowest BCUT2D eigenvalue weighted by molar-refractivity contribution is -0.445. The van der Waals surface area contributed by atoms with E-state index in [1.54, 1.807) is 0 Å². The quantitative estimate of drug-likeness (QED) is 0.244. The fourth-order valence-electron chi connectivity index (χ4n) is 0.0236. The fourth-order valence-corrected chi connectivity index (χ4v) is 0.0236. The van der Waals surface area contributed by atoms with Crippen LogP contribution >= 0.6 is 0 Å². The van der Waals surface area contributed by atoms with Gasteiger partial charge in [0, 0.05) is 0 Å². The Balaban J connectivity index is 2.19. The monoisotopic (exact) mass is 78.0 g/mol. The summed E-state index contributed by atoms with van der Waals surface area (Å²) in [7, 11) is -0.628. The molecule has 0 aromatic carbocycles. The molecule has 0 aliphatic rings. The van der Waals surface area contributed by atoms with Gasteiger partial charge in [0.15, 0.2) is 0 Å². The number of hydrogen-bond acceptors (Lipinski definition) is 4. The van der Waals surface area contributed by atoms with Gasteiger partial charge in [-0.25, -0.2) is 10.1 Å². The lowest BCUT2D eigenvalue weighted by Gasteiger charge is -1.80. The molecule has 0 radical (unpaired) electrons. The lowest BCUT2D eigenvalue weighted by atomic mass is 10.4. The highest BCUT2D eigenvalue weighted by molar-refractivity contribution is 6.15. The van der Waals surface area contributed by atoms with Crippen molar-refractivity contribution >= 4 is 7.69 Å². The Labute approximate surface area is 29.1 Å². The van der Waals surface area contributed by atoms with E-state index in [-0.39, 0.29) is 0 Å². The molecule has 5 heteroatoms. The van der Waals surface area contributed by atoms with Crippen LogP contribution in [0.2, 0.25) is 0 Å². The van der Waals surface area contributed by atoms with Gasteiger partial charge in [0.05, 0.1) is 0 Å². The smallest absolute Gasteiger partial charge is 0.428 e. The van der Waals surface area contributed by atoms with Crippen molar-refractivity contribution in [2.45, 2.75) is 0 Å². The Morgan fingerprint density at radius 1 is 1.60 bits per heavy atom. The predicted octanol–water partition coefficient (Wildman–Crippen LogP) is -1.33. The van der Waals surface area contributed by atoms with Crippen LogP contribution in [0.25, 0.3) is 0 Å². The third-order valence-corrected chi connectivity index (χ3v) is 0.105. The first-order valence-corrected chi connectivity index (χ1v) is 0.954. The predicted molar refractivity (Wildman–Crippen MR) is 14.2 cm³/mol. The molecule has 0 rings (SSSR count). The van der Waals surface area contributed by atoms with E-state index in [1.165, 1.54) is 0 Å². The zero-order valence-electron chi connectivity index (χ0n) is 2.42. The summed E-state index contributed by atoms with van der Waals surface area (Å²) in [5, 5.41) is 17.7. The lowest BCUT2D eigenvalue weighted by Crippen LogP contribution is -1.93. The second-order valence-corrected chi connectivity index (χ2v) is 0.321. The molecule has 0 aliphatic heterocycles. The maximum Gasteiger partial charge on any atom is 0.475 e. The Bertz CT molecular complexity index is 11.1. The van der Waals surface area contributed by atoms with Gasteiger partial charge in [-0.2, -0.15) is 0 Å². The van der Waals surface area contributed by atoms with E-state index in [9.17, 15) is 0 Å². The van der Waals surface area contributed by atoms with Gasteiger partial charge in [-0.3, -0.25) is 0 Å². The van der Waals surface area contributed by atoms with Gasteiger partial charge < -0.3 is 5.02 Å². The first kappa shape index (κ1) is 4.90. The molecule has 30 valence electrons. The first-order valence-electron chi connectivity index (χ1n) is 0.954. The van der Waals surface area contributed by atoms with E-state index >= 15 is 0 Å². The van der Waals surface area contributed by atoms with E-state index in [2.05, 4.69) is 9.84 Å². The number of hydrogen-bond donors (Lipinski definition) is 2. The fraction of sp³-hybridized carbons (Fsp3) is 0. The topological polar surface area (TPSA) is 58.9 Å². The summed E-state index contributed by atoms with van der Waals surface area (Å²) < 4.78 is 0. The van der Waals surface area contributed by atoms with Crippen molar-refractivity contribution in [2.75, 3.05) is 0 Å². The van der Waals surface area contributed by atoms with Gasteiger partial charge in [0.2, 0.25) is 0 Å². The van der Waals surface area contributed by atoms with E-state index in [0.29, 0.717) is 0 Å². The van der Waals surface area contributed by atoms with Crippen molar-refractivity contribution in [3.8, 4) is 0 Å². The minimum absolute atomic E-state index is 0.628. The third kappa shape index (κ3) is 3.90. The second-order valence-electron chi connectivity index (χ2n) is 0.321. The van der Waals surface area contributed by atoms with Crippen molar-refractivity contribution in [3.63, 3.8) is 0 Å². The van der Waals surface area contributed by atoms with E-state index in [0.717, 1.165) is 0 Å². The molecular weight excluding hydrogens is 74.8 g/mol. The van der Waals surface area contributed by atoms with Gasteiger partial charge in [0.1, 0.15) is 0 Å². The molecule has 0 aromatic rings. The van der Waals surface area contributed by atoms with Gasteiger partial charge in [0.25, 0.3) is 0 Å². The zero-order valence-corrected chi connectivity index (χ0v) is 2.42. The molecule has 0 saturated heterocycles. The Morgan fingerprint density at radius 2 is 2.20 bits per heavy atom. The van der Waals surface area contributed by atoms with Crippen LogP contribution in [0.3, 0.4) is 0 Å². The summed E-state index contributed by atoms with van der Waals surface area (Å²) in [6, 6.07) is 0. The molecule has 0 heterocycles. The van der Waals surface area contributed by atoms with Crippen LogP contribution in [-0.4, -0.2) is 18.0 Å². The van der Waals surface area contributed by atoms with Crippen molar-refractivity contribution in [3.05, 3.63) is 0 Å². The molecule has 0 aromatic heterocycles. The number of rotatable bonds is 2. The van der Waals surface area contributed by atoms with Crippen molar-refractivity contribution < 1.29 is 20.1 Å². The Morgan fingerprint density at radius 3 is 2.20 bits per heavy atom. The van der Waals surface area contributed by atoms with Crippen LogP contribution in [0.5, 0.6) is 0 Å². The van der Waals surface area contributed by atoms with E-state index in [4.69, 9.17) is 10.3 Å². The van der Waals surface area contributed by atoms with Crippen LogP contribution < -0.4 is 0 Å². The molecule has 0 spiro atoms. The highest BCUT2D eigenvalue weighted by Gasteiger charge is 1.75. The molecule has 0 fully saturated rings. The highest BCUT2D eigenvalue weighted by atomic mass is 17.5. The summed E-state index contributed by atoms with van der Waals surface area (Å²) in [6.45, 7) is 0. The van der Waals surface area contributed by atoms with Crippen LogP contribution in [0.4, 0.5) is 0 Å². The largest absolute Gasteiger partial charge is 0.475 e. The van der Waals surface area contributed by atoms with Gasteiger partial charge in [-0.15, -0.1) is 0 Å². The average molecular weight is 77.8 g/mol. The van der Waals surface area contributed by atoms with E-state index < -0.39 is 7.69 Å². The Kier molecular flexibility index (Phi) is 3.83. The highest BCUT2D eigenvalue weighted by Crippen LogP contribution is 1.56.